The van der Waals surface area contributed by atoms with Crippen molar-refractivity contribution in [3.63, 3.8) is 0 Å². The average molecular weight is 244 g/mol. The van der Waals surface area contributed by atoms with E-state index in [0.717, 1.165) is 0 Å². The van der Waals surface area contributed by atoms with E-state index in [1.165, 1.54) is 14.2 Å². The number of methoxy groups -OCH3 is 2. The topological polar surface area (TPSA) is 61.5 Å². The molecule has 0 aromatic heterocycles. The van der Waals surface area contributed by atoms with Gasteiger partial charge < -0.3 is 15.2 Å². The monoisotopic (exact) mass is 243 g/mol. The zero-order chi connectivity index (χ0) is 12.3. The van der Waals surface area contributed by atoms with Gasteiger partial charge in [0.05, 0.1) is 24.8 Å². The predicted octanol–water partition coefficient (Wildman–Crippen LogP) is 2.19. The van der Waals surface area contributed by atoms with Crippen LogP contribution in [0.1, 0.15) is 28.9 Å². The van der Waals surface area contributed by atoms with Gasteiger partial charge in [0.25, 0.3) is 0 Å². The minimum atomic E-state index is -0.262. The maximum atomic E-state index is 10.9. The minimum Gasteiger partial charge on any atom is -0.492 e. The molecule has 1 unspecified atom stereocenters. The molecular weight excluding hydrogens is 230 g/mol. The maximum Gasteiger partial charge on any atom is 0.173 e. The summed E-state index contributed by atoms with van der Waals surface area (Å²) in [5, 5.41) is 0.306. The SMILES string of the molecule is COc1c(C(C)N)cc(Cl)c(C=O)c1OC. The van der Waals surface area contributed by atoms with Crippen molar-refractivity contribution in [3.8, 4) is 11.5 Å². The Morgan fingerprint density at radius 1 is 1.38 bits per heavy atom. The van der Waals surface area contributed by atoms with Crippen molar-refractivity contribution in [2.24, 2.45) is 5.73 Å². The standard InChI is InChI=1S/C11H14ClNO3/c1-6(13)7-4-9(12)8(5-14)11(16-3)10(7)15-2/h4-6H,13H2,1-3H3. The molecule has 0 saturated heterocycles. The summed E-state index contributed by atoms with van der Waals surface area (Å²) in [7, 11) is 2.94. The highest BCUT2D eigenvalue weighted by atomic mass is 35.5. The number of hydrogen-bond acceptors (Lipinski definition) is 4. The number of aldehydes is 1. The largest absolute Gasteiger partial charge is 0.492 e. The molecule has 4 nitrogen and oxygen atoms in total. The van der Waals surface area contributed by atoms with Crippen LogP contribution in [0, 0.1) is 0 Å². The number of carbonyl (C=O) groups is 1. The van der Waals surface area contributed by atoms with Crippen LogP contribution >= 0.6 is 11.6 Å². The number of rotatable bonds is 4. The van der Waals surface area contributed by atoms with Crippen LogP contribution in [0.25, 0.3) is 0 Å². The van der Waals surface area contributed by atoms with Crippen molar-refractivity contribution in [3.05, 3.63) is 22.2 Å². The molecule has 1 aromatic carbocycles. The van der Waals surface area contributed by atoms with Crippen molar-refractivity contribution in [1.29, 1.82) is 0 Å². The van der Waals surface area contributed by atoms with E-state index in [-0.39, 0.29) is 11.6 Å². The lowest BCUT2D eigenvalue weighted by Crippen LogP contribution is -2.09. The quantitative estimate of drug-likeness (QED) is 0.824. The molecule has 0 heterocycles. The first-order chi connectivity index (χ1) is 7.56. The molecule has 1 atom stereocenters. The lowest BCUT2D eigenvalue weighted by Gasteiger charge is -2.17. The average Bonchev–Trinajstić information content (AvgIpc) is 2.27. The molecular formula is C11H14ClNO3. The summed E-state index contributed by atoms with van der Waals surface area (Å²) in [4.78, 5) is 10.9. The van der Waals surface area contributed by atoms with Gasteiger partial charge in [0.1, 0.15) is 0 Å². The Morgan fingerprint density at radius 3 is 2.31 bits per heavy atom. The van der Waals surface area contributed by atoms with Crippen molar-refractivity contribution in [1.82, 2.24) is 0 Å². The van der Waals surface area contributed by atoms with Crippen molar-refractivity contribution < 1.29 is 14.3 Å². The van der Waals surface area contributed by atoms with E-state index >= 15 is 0 Å². The fourth-order valence-electron chi connectivity index (χ4n) is 1.50. The second-order valence-corrected chi connectivity index (χ2v) is 3.74. The van der Waals surface area contributed by atoms with Crippen LogP contribution in [0.15, 0.2) is 6.07 Å². The Labute approximate surface area is 99.3 Å². The van der Waals surface area contributed by atoms with Crippen molar-refractivity contribution >= 4 is 17.9 Å². The van der Waals surface area contributed by atoms with Crippen LogP contribution in [0.5, 0.6) is 11.5 Å². The number of hydrogen-bond donors (Lipinski definition) is 1. The van der Waals surface area contributed by atoms with E-state index in [1.54, 1.807) is 13.0 Å². The first-order valence-electron chi connectivity index (χ1n) is 4.71. The predicted molar refractivity (Wildman–Crippen MR) is 62.5 cm³/mol. The van der Waals surface area contributed by atoms with Crippen molar-refractivity contribution in [2.45, 2.75) is 13.0 Å². The first-order valence-corrected chi connectivity index (χ1v) is 5.09. The van der Waals surface area contributed by atoms with Crippen LogP contribution in [-0.2, 0) is 0 Å². The van der Waals surface area contributed by atoms with E-state index in [2.05, 4.69) is 0 Å². The Morgan fingerprint density at radius 2 is 1.94 bits per heavy atom. The summed E-state index contributed by atoms with van der Waals surface area (Å²) >= 11 is 5.96. The van der Waals surface area contributed by atoms with E-state index in [1.807, 2.05) is 0 Å². The number of benzene rings is 1. The second-order valence-electron chi connectivity index (χ2n) is 3.33. The summed E-state index contributed by atoms with van der Waals surface area (Å²) in [6, 6.07) is 1.36. The molecule has 1 aromatic rings. The summed E-state index contributed by atoms with van der Waals surface area (Å²) in [6.45, 7) is 1.80. The van der Waals surface area contributed by atoms with E-state index in [0.29, 0.717) is 28.4 Å². The van der Waals surface area contributed by atoms with Crippen LogP contribution in [-0.4, -0.2) is 20.5 Å². The molecule has 0 radical (unpaired) electrons. The molecule has 0 aliphatic carbocycles. The molecule has 5 heteroatoms. The zero-order valence-corrected chi connectivity index (χ0v) is 10.2. The number of halogens is 1. The smallest absolute Gasteiger partial charge is 0.173 e. The molecule has 0 amide bonds. The third-order valence-corrected chi connectivity index (χ3v) is 2.58. The van der Waals surface area contributed by atoms with E-state index in [9.17, 15) is 4.79 Å². The van der Waals surface area contributed by atoms with Crippen molar-refractivity contribution in [2.75, 3.05) is 14.2 Å². The van der Waals surface area contributed by atoms with Crippen LogP contribution in [0.4, 0.5) is 0 Å². The molecule has 88 valence electrons. The summed E-state index contributed by atoms with van der Waals surface area (Å²) in [6.07, 6.45) is 0.634. The third kappa shape index (κ3) is 2.13. The van der Waals surface area contributed by atoms with Gasteiger partial charge in [0.15, 0.2) is 17.8 Å². The van der Waals surface area contributed by atoms with Gasteiger partial charge in [-0.15, -0.1) is 0 Å². The normalized spacial score (nSPS) is 12.1. The molecule has 0 spiro atoms. The Hall–Kier alpha value is -1.26. The molecule has 1 rings (SSSR count). The molecule has 2 N–H and O–H groups in total. The molecule has 0 bridgehead atoms. The fourth-order valence-corrected chi connectivity index (χ4v) is 1.75. The van der Waals surface area contributed by atoms with Gasteiger partial charge in [-0.05, 0) is 13.0 Å². The third-order valence-electron chi connectivity index (χ3n) is 2.27. The summed E-state index contributed by atoms with van der Waals surface area (Å²) in [5.74, 6) is 0.765. The Balaban J connectivity index is 3.56. The molecule has 0 saturated carbocycles. The Bertz CT molecular complexity index is 405. The number of carbonyl (C=O) groups excluding carboxylic acids is 1. The van der Waals surface area contributed by atoms with Gasteiger partial charge in [-0.2, -0.15) is 0 Å². The number of ether oxygens (including phenoxy) is 2. The first kappa shape index (κ1) is 12.8. The highest BCUT2D eigenvalue weighted by Crippen LogP contribution is 2.40. The zero-order valence-electron chi connectivity index (χ0n) is 9.41. The number of nitrogens with two attached hydrogens (primary N) is 1. The highest BCUT2D eigenvalue weighted by Gasteiger charge is 2.20. The molecule has 0 aliphatic rings. The lowest BCUT2D eigenvalue weighted by atomic mass is 10.0. The van der Waals surface area contributed by atoms with Gasteiger partial charge in [-0.3, -0.25) is 4.79 Å². The van der Waals surface area contributed by atoms with Crippen LogP contribution in [0.3, 0.4) is 0 Å². The maximum absolute atomic E-state index is 10.9. The van der Waals surface area contributed by atoms with E-state index in [4.69, 9.17) is 26.8 Å². The van der Waals surface area contributed by atoms with Gasteiger partial charge >= 0.3 is 0 Å². The Kier molecular flexibility index (Phi) is 4.15. The molecule has 0 fully saturated rings. The van der Waals surface area contributed by atoms with E-state index < -0.39 is 0 Å². The lowest BCUT2D eigenvalue weighted by molar-refractivity contribution is 0.112. The van der Waals surface area contributed by atoms with Crippen LogP contribution in [0.2, 0.25) is 5.02 Å². The van der Waals surface area contributed by atoms with Gasteiger partial charge in [0.2, 0.25) is 0 Å². The van der Waals surface area contributed by atoms with Crippen LogP contribution < -0.4 is 15.2 Å². The van der Waals surface area contributed by atoms with Gasteiger partial charge in [0, 0.05) is 11.6 Å². The fraction of sp³-hybridized carbons (Fsp3) is 0.364. The van der Waals surface area contributed by atoms with Gasteiger partial charge in [-0.1, -0.05) is 11.6 Å². The van der Waals surface area contributed by atoms with Gasteiger partial charge in [-0.25, -0.2) is 0 Å². The molecule has 16 heavy (non-hydrogen) atoms. The summed E-state index contributed by atoms with van der Waals surface area (Å²) < 4.78 is 10.3. The highest BCUT2D eigenvalue weighted by molar-refractivity contribution is 6.33. The second kappa shape index (κ2) is 5.18. The molecule has 0 aliphatic heterocycles. The minimum absolute atomic E-state index is 0.262. The summed E-state index contributed by atoms with van der Waals surface area (Å²) in [5.41, 5.74) is 6.76.